The van der Waals surface area contributed by atoms with E-state index in [0.29, 0.717) is 6.54 Å². The monoisotopic (exact) mass is 286 g/mol. The third kappa shape index (κ3) is 5.26. The van der Waals surface area contributed by atoms with Crippen LogP contribution in [0.25, 0.3) is 0 Å². The van der Waals surface area contributed by atoms with E-state index in [9.17, 15) is 8.42 Å². The maximum absolute atomic E-state index is 11.9. The molecule has 0 saturated heterocycles. The molecule has 0 bridgehead atoms. The van der Waals surface area contributed by atoms with E-state index in [-0.39, 0.29) is 17.3 Å². The molecule has 6 heteroatoms. The highest BCUT2D eigenvalue weighted by molar-refractivity contribution is 7.89. The summed E-state index contributed by atoms with van der Waals surface area (Å²) in [4.78, 5) is 3.96. The van der Waals surface area contributed by atoms with Crippen LogP contribution in [-0.2, 0) is 20.2 Å². The number of nitrogens with zero attached hydrogens (tertiary/aromatic N) is 1. The lowest BCUT2D eigenvalue weighted by Crippen LogP contribution is -2.39. The Hall–Kier alpha value is -0.980. The van der Waals surface area contributed by atoms with E-state index in [1.165, 1.54) is 7.11 Å². The second kappa shape index (κ2) is 6.45. The van der Waals surface area contributed by atoms with E-state index < -0.39 is 10.0 Å². The number of rotatable bonds is 7. The van der Waals surface area contributed by atoms with Crippen molar-refractivity contribution >= 4 is 10.0 Å². The van der Waals surface area contributed by atoms with Crippen LogP contribution in [0, 0.1) is 0 Å². The van der Waals surface area contributed by atoms with Gasteiger partial charge in [-0.25, -0.2) is 13.1 Å². The Kier molecular flexibility index (Phi) is 5.46. The average Bonchev–Trinajstić information content (AvgIpc) is 2.37. The smallest absolute Gasteiger partial charge is 0.214 e. The largest absolute Gasteiger partial charge is 0.381 e. The lowest BCUT2D eigenvalue weighted by Gasteiger charge is -2.25. The fourth-order valence-electron chi connectivity index (χ4n) is 1.63. The van der Waals surface area contributed by atoms with Crippen molar-refractivity contribution in [2.24, 2.45) is 0 Å². The molecule has 1 rings (SSSR count). The minimum Gasteiger partial charge on any atom is -0.381 e. The lowest BCUT2D eigenvalue weighted by molar-refractivity contribution is 0.136. The zero-order chi connectivity index (χ0) is 14.5. The molecule has 108 valence electrons. The molecule has 1 atom stereocenters. The number of hydrogen-bond donors (Lipinski definition) is 1. The second-order valence-electron chi connectivity index (χ2n) is 5.27. The summed E-state index contributed by atoms with van der Waals surface area (Å²) in [6.07, 6.45) is 3.10. The third-order valence-corrected chi connectivity index (χ3v) is 4.54. The van der Waals surface area contributed by atoms with Crippen molar-refractivity contribution in [2.75, 3.05) is 19.4 Å². The molecule has 0 spiro atoms. The van der Waals surface area contributed by atoms with Crippen molar-refractivity contribution in [3.63, 3.8) is 0 Å². The molecule has 19 heavy (non-hydrogen) atoms. The Morgan fingerprint density at radius 3 is 2.47 bits per heavy atom. The molecule has 0 aliphatic heterocycles. The van der Waals surface area contributed by atoms with Gasteiger partial charge in [-0.1, -0.05) is 13.8 Å². The summed E-state index contributed by atoms with van der Waals surface area (Å²) >= 11 is 0. The first-order chi connectivity index (χ1) is 8.77. The molecule has 0 radical (unpaired) electrons. The summed E-state index contributed by atoms with van der Waals surface area (Å²) in [5.41, 5.74) is 0.761. The van der Waals surface area contributed by atoms with Gasteiger partial charge < -0.3 is 4.74 Å². The zero-order valence-electron chi connectivity index (χ0n) is 11.9. The molecule has 0 saturated carbocycles. The first-order valence-electron chi connectivity index (χ1n) is 6.17. The molecule has 0 amide bonds. The van der Waals surface area contributed by atoms with Gasteiger partial charge in [0.15, 0.2) is 0 Å². The molecule has 0 aliphatic carbocycles. The standard InChI is InChI=1S/C13H22N2O3S/c1-11(18-4)9-19(16,17)15-10-13(2,3)12-5-7-14-8-6-12/h5-8,11,15H,9-10H2,1-4H3. The fraction of sp³-hybridized carbons (Fsp3) is 0.615. The van der Waals surface area contributed by atoms with Crippen LogP contribution in [0.3, 0.4) is 0 Å². The summed E-state index contributed by atoms with van der Waals surface area (Å²) in [7, 11) is -1.82. The molecule has 0 aromatic carbocycles. The van der Waals surface area contributed by atoms with Gasteiger partial charge in [0.05, 0.1) is 11.9 Å². The van der Waals surface area contributed by atoms with E-state index in [1.807, 2.05) is 26.0 Å². The van der Waals surface area contributed by atoms with Gasteiger partial charge in [-0.05, 0) is 24.6 Å². The second-order valence-corrected chi connectivity index (χ2v) is 7.12. The Morgan fingerprint density at radius 1 is 1.37 bits per heavy atom. The van der Waals surface area contributed by atoms with E-state index in [4.69, 9.17) is 4.74 Å². The molecule has 1 N–H and O–H groups in total. The number of pyridine rings is 1. The van der Waals surface area contributed by atoms with Gasteiger partial charge in [0.25, 0.3) is 0 Å². The van der Waals surface area contributed by atoms with Crippen molar-refractivity contribution < 1.29 is 13.2 Å². The Bertz CT molecular complexity index is 486. The summed E-state index contributed by atoms with van der Waals surface area (Å²) in [5, 5.41) is 0. The van der Waals surface area contributed by atoms with Crippen LogP contribution in [0.2, 0.25) is 0 Å². The number of methoxy groups -OCH3 is 1. The van der Waals surface area contributed by atoms with Crippen LogP contribution in [0.5, 0.6) is 0 Å². The van der Waals surface area contributed by atoms with Crippen molar-refractivity contribution in [1.82, 2.24) is 9.71 Å². The lowest BCUT2D eigenvalue weighted by atomic mass is 9.86. The Balaban J connectivity index is 2.66. The van der Waals surface area contributed by atoms with Crippen molar-refractivity contribution in [1.29, 1.82) is 0 Å². The quantitative estimate of drug-likeness (QED) is 0.820. The van der Waals surface area contributed by atoms with Gasteiger partial charge in [0, 0.05) is 31.5 Å². The zero-order valence-corrected chi connectivity index (χ0v) is 12.7. The van der Waals surface area contributed by atoms with Gasteiger partial charge in [0.1, 0.15) is 0 Å². The molecule has 5 nitrogen and oxygen atoms in total. The van der Waals surface area contributed by atoms with Crippen LogP contribution in [0.15, 0.2) is 24.5 Å². The molecule has 1 aromatic heterocycles. The van der Waals surface area contributed by atoms with Crippen molar-refractivity contribution in [3.05, 3.63) is 30.1 Å². The number of hydrogen-bond acceptors (Lipinski definition) is 4. The Morgan fingerprint density at radius 2 is 1.95 bits per heavy atom. The minimum absolute atomic E-state index is 0.0318. The van der Waals surface area contributed by atoms with Crippen LogP contribution >= 0.6 is 0 Å². The van der Waals surface area contributed by atoms with Crippen molar-refractivity contribution in [2.45, 2.75) is 32.3 Å². The van der Waals surface area contributed by atoms with E-state index >= 15 is 0 Å². The van der Waals surface area contributed by atoms with Gasteiger partial charge >= 0.3 is 0 Å². The molecular formula is C13H22N2O3S. The highest BCUT2D eigenvalue weighted by atomic mass is 32.2. The number of sulfonamides is 1. The molecule has 1 unspecified atom stereocenters. The maximum Gasteiger partial charge on any atom is 0.214 e. The molecule has 1 heterocycles. The Labute approximate surface area is 115 Å². The van der Waals surface area contributed by atoms with Crippen molar-refractivity contribution in [3.8, 4) is 0 Å². The normalized spacial score (nSPS) is 14.3. The van der Waals surface area contributed by atoms with Gasteiger partial charge in [0.2, 0.25) is 10.0 Å². The number of aromatic nitrogens is 1. The van der Waals surface area contributed by atoms with E-state index in [1.54, 1.807) is 19.3 Å². The number of nitrogens with one attached hydrogen (secondary N) is 1. The summed E-state index contributed by atoms with van der Waals surface area (Å²) < 4.78 is 31.4. The molecular weight excluding hydrogens is 264 g/mol. The summed E-state index contributed by atoms with van der Waals surface area (Å²) in [6, 6.07) is 3.79. The maximum atomic E-state index is 11.9. The highest BCUT2D eigenvalue weighted by Gasteiger charge is 2.24. The first-order valence-corrected chi connectivity index (χ1v) is 7.83. The topological polar surface area (TPSA) is 68.3 Å². The van der Waals surface area contributed by atoms with Crippen LogP contribution in [-0.4, -0.2) is 38.9 Å². The van der Waals surface area contributed by atoms with Gasteiger partial charge in [-0.3, -0.25) is 4.98 Å². The molecule has 0 fully saturated rings. The number of ether oxygens (including phenoxy) is 1. The summed E-state index contributed by atoms with van der Waals surface area (Å²) in [6.45, 7) is 6.05. The average molecular weight is 286 g/mol. The molecule has 0 aliphatic rings. The first kappa shape index (κ1) is 16.1. The minimum atomic E-state index is -3.32. The van der Waals surface area contributed by atoms with E-state index in [2.05, 4.69) is 9.71 Å². The summed E-state index contributed by atoms with van der Waals surface area (Å²) in [5.74, 6) is -0.0318. The van der Waals surface area contributed by atoms with Crippen LogP contribution in [0.4, 0.5) is 0 Å². The predicted molar refractivity (Wildman–Crippen MR) is 75.5 cm³/mol. The predicted octanol–water partition coefficient (Wildman–Crippen LogP) is 1.31. The van der Waals surface area contributed by atoms with Gasteiger partial charge in [-0.15, -0.1) is 0 Å². The SMILES string of the molecule is COC(C)CS(=O)(=O)NCC(C)(C)c1ccncc1. The van der Waals surface area contributed by atoms with Crippen LogP contribution in [0.1, 0.15) is 26.3 Å². The fourth-order valence-corrected chi connectivity index (χ4v) is 3.08. The third-order valence-electron chi connectivity index (χ3n) is 3.05. The molecule has 1 aromatic rings. The van der Waals surface area contributed by atoms with E-state index in [0.717, 1.165) is 5.56 Å². The highest BCUT2D eigenvalue weighted by Crippen LogP contribution is 2.21. The van der Waals surface area contributed by atoms with Crippen LogP contribution < -0.4 is 4.72 Å². The van der Waals surface area contributed by atoms with Gasteiger partial charge in [-0.2, -0.15) is 0 Å².